The molecule has 0 fully saturated rings. The Kier molecular flexibility index (Phi) is 4.93. The van der Waals surface area contributed by atoms with Gasteiger partial charge in [0, 0.05) is 18.7 Å². The lowest BCUT2D eigenvalue weighted by Crippen LogP contribution is -2.29. The van der Waals surface area contributed by atoms with Gasteiger partial charge in [-0.05, 0) is 42.7 Å². The summed E-state index contributed by atoms with van der Waals surface area (Å²) < 4.78 is 5.32. The van der Waals surface area contributed by atoms with Gasteiger partial charge >= 0.3 is 0 Å². The van der Waals surface area contributed by atoms with Crippen molar-refractivity contribution in [3.8, 4) is 11.5 Å². The molecule has 0 spiro atoms. The van der Waals surface area contributed by atoms with Gasteiger partial charge in [-0.25, -0.2) is 0 Å². The monoisotopic (exact) mass is 272 g/mol. The predicted octanol–water partition coefficient (Wildman–Crippen LogP) is 3.39. The highest BCUT2D eigenvalue weighted by Crippen LogP contribution is 2.18. The molecule has 0 aliphatic rings. The highest BCUT2D eigenvalue weighted by molar-refractivity contribution is 5.78. The Morgan fingerprint density at radius 1 is 1.35 bits per heavy atom. The van der Waals surface area contributed by atoms with Crippen LogP contribution in [0, 0.1) is 5.92 Å². The smallest absolute Gasteiger partial charge is 0.223 e. The molecule has 0 saturated carbocycles. The fourth-order valence-electron chi connectivity index (χ4n) is 2.14. The first-order chi connectivity index (χ1) is 9.74. The highest BCUT2D eigenvalue weighted by Gasteiger charge is 2.13. The minimum Gasteiger partial charge on any atom is -0.463 e. The van der Waals surface area contributed by atoms with Crippen LogP contribution >= 0.6 is 0 Å². The van der Waals surface area contributed by atoms with Gasteiger partial charge in [-0.1, -0.05) is 13.8 Å². The number of carbonyl (C=O) groups excluding carboxylic acids is 1. The van der Waals surface area contributed by atoms with Crippen molar-refractivity contribution < 1.29 is 9.21 Å². The van der Waals surface area contributed by atoms with Gasteiger partial charge in [0.1, 0.15) is 5.69 Å². The second-order valence-corrected chi connectivity index (χ2v) is 4.76. The summed E-state index contributed by atoms with van der Waals surface area (Å²) in [5.74, 6) is 0.950. The summed E-state index contributed by atoms with van der Waals surface area (Å²) in [5.41, 5.74) is 1.80. The van der Waals surface area contributed by atoms with Crippen molar-refractivity contribution in [2.24, 2.45) is 5.92 Å². The molecule has 0 aliphatic carbocycles. The van der Waals surface area contributed by atoms with E-state index in [1.807, 2.05) is 38.1 Å². The predicted molar refractivity (Wildman–Crippen MR) is 77.9 cm³/mol. The van der Waals surface area contributed by atoms with E-state index < -0.39 is 0 Å². The van der Waals surface area contributed by atoms with E-state index in [0.29, 0.717) is 6.54 Å². The average molecular weight is 272 g/mol. The van der Waals surface area contributed by atoms with Crippen LogP contribution in [-0.4, -0.2) is 10.9 Å². The topological polar surface area (TPSA) is 55.1 Å². The minimum absolute atomic E-state index is 0.0985. The Bertz CT molecular complexity index is 545. The van der Waals surface area contributed by atoms with Gasteiger partial charge in [0.05, 0.1) is 6.26 Å². The van der Waals surface area contributed by atoms with E-state index in [0.717, 1.165) is 29.9 Å². The number of hydrogen-bond donors (Lipinski definition) is 1. The van der Waals surface area contributed by atoms with Crippen molar-refractivity contribution in [1.29, 1.82) is 0 Å². The largest absolute Gasteiger partial charge is 0.463 e. The number of aromatic nitrogens is 1. The van der Waals surface area contributed by atoms with Crippen molar-refractivity contribution in [2.45, 2.75) is 33.2 Å². The van der Waals surface area contributed by atoms with Gasteiger partial charge in [0.25, 0.3) is 0 Å². The molecule has 20 heavy (non-hydrogen) atoms. The van der Waals surface area contributed by atoms with E-state index in [4.69, 9.17) is 4.42 Å². The first kappa shape index (κ1) is 14.3. The highest BCUT2D eigenvalue weighted by atomic mass is 16.3. The van der Waals surface area contributed by atoms with E-state index >= 15 is 0 Å². The number of amides is 1. The maximum Gasteiger partial charge on any atom is 0.223 e. The summed E-state index contributed by atoms with van der Waals surface area (Å²) in [4.78, 5) is 16.2. The standard InChI is InChI=1S/C16H20N2O2/c1-3-13(4-2)16(19)18-11-12-7-8-17-14(10-12)15-6-5-9-20-15/h5-10,13H,3-4,11H2,1-2H3,(H,18,19). The fraction of sp³-hybridized carbons (Fsp3) is 0.375. The van der Waals surface area contributed by atoms with Gasteiger partial charge < -0.3 is 9.73 Å². The van der Waals surface area contributed by atoms with Gasteiger partial charge in [-0.3, -0.25) is 9.78 Å². The van der Waals surface area contributed by atoms with Gasteiger partial charge in [0.15, 0.2) is 5.76 Å². The number of hydrogen-bond acceptors (Lipinski definition) is 3. The van der Waals surface area contributed by atoms with Gasteiger partial charge in [-0.15, -0.1) is 0 Å². The fourth-order valence-corrected chi connectivity index (χ4v) is 2.14. The zero-order valence-corrected chi connectivity index (χ0v) is 11.9. The molecule has 0 bridgehead atoms. The molecule has 0 aliphatic heterocycles. The van der Waals surface area contributed by atoms with Crippen molar-refractivity contribution in [2.75, 3.05) is 0 Å². The van der Waals surface area contributed by atoms with Crippen LogP contribution in [0.4, 0.5) is 0 Å². The number of carbonyl (C=O) groups is 1. The summed E-state index contributed by atoms with van der Waals surface area (Å²) >= 11 is 0. The SMILES string of the molecule is CCC(CC)C(=O)NCc1ccnc(-c2ccco2)c1. The van der Waals surface area contributed by atoms with Gasteiger partial charge in [0.2, 0.25) is 5.91 Å². The number of pyridine rings is 1. The quantitative estimate of drug-likeness (QED) is 0.877. The summed E-state index contributed by atoms with van der Waals surface area (Å²) in [5, 5.41) is 2.98. The zero-order chi connectivity index (χ0) is 14.4. The summed E-state index contributed by atoms with van der Waals surface area (Å²) in [7, 11) is 0. The third-order valence-corrected chi connectivity index (χ3v) is 3.42. The molecule has 0 radical (unpaired) electrons. The molecule has 0 saturated heterocycles. The summed E-state index contributed by atoms with van der Waals surface area (Å²) in [6.07, 6.45) is 5.10. The Hall–Kier alpha value is -2.10. The number of nitrogens with zero attached hydrogens (tertiary/aromatic N) is 1. The Labute approximate surface area is 119 Å². The molecular formula is C16H20N2O2. The molecule has 2 heterocycles. The van der Waals surface area contributed by atoms with Gasteiger partial charge in [-0.2, -0.15) is 0 Å². The van der Waals surface area contributed by atoms with Crippen molar-refractivity contribution in [1.82, 2.24) is 10.3 Å². The minimum atomic E-state index is 0.0985. The Balaban J connectivity index is 2.00. The van der Waals surface area contributed by atoms with Crippen molar-refractivity contribution in [3.05, 3.63) is 42.3 Å². The zero-order valence-electron chi connectivity index (χ0n) is 11.9. The summed E-state index contributed by atoms with van der Waals surface area (Å²) in [6.45, 7) is 4.59. The van der Waals surface area contributed by atoms with E-state index in [1.165, 1.54) is 0 Å². The number of rotatable bonds is 6. The molecule has 2 rings (SSSR count). The maximum atomic E-state index is 11.9. The van der Waals surface area contributed by atoms with Crippen LogP contribution in [0.15, 0.2) is 41.1 Å². The van der Waals surface area contributed by atoms with Crippen LogP contribution in [0.3, 0.4) is 0 Å². The van der Waals surface area contributed by atoms with Crippen LogP contribution < -0.4 is 5.32 Å². The van der Waals surface area contributed by atoms with Crippen LogP contribution in [0.1, 0.15) is 32.3 Å². The Morgan fingerprint density at radius 3 is 2.80 bits per heavy atom. The van der Waals surface area contributed by atoms with E-state index in [-0.39, 0.29) is 11.8 Å². The average Bonchev–Trinajstić information content (AvgIpc) is 3.01. The normalized spacial score (nSPS) is 10.8. The molecule has 0 aromatic carbocycles. The van der Waals surface area contributed by atoms with Crippen molar-refractivity contribution >= 4 is 5.91 Å². The molecule has 106 valence electrons. The number of nitrogens with one attached hydrogen (secondary N) is 1. The molecule has 4 nitrogen and oxygen atoms in total. The second-order valence-electron chi connectivity index (χ2n) is 4.76. The van der Waals surface area contributed by atoms with E-state index in [2.05, 4.69) is 10.3 Å². The first-order valence-electron chi connectivity index (χ1n) is 7.01. The molecule has 1 N–H and O–H groups in total. The van der Waals surface area contributed by atoms with E-state index in [9.17, 15) is 4.79 Å². The van der Waals surface area contributed by atoms with E-state index in [1.54, 1.807) is 12.5 Å². The second kappa shape index (κ2) is 6.89. The lowest BCUT2D eigenvalue weighted by Gasteiger charge is -2.12. The maximum absolute atomic E-state index is 11.9. The summed E-state index contributed by atoms with van der Waals surface area (Å²) in [6, 6.07) is 7.54. The lowest BCUT2D eigenvalue weighted by molar-refractivity contribution is -0.125. The molecule has 4 heteroatoms. The molecule has 2 aromatic heterocycles. The third-order valence-electron chi connectivity index (χ3n) is 3.42. The van der Waals surface area contributed by atoms with Crippen LogP contribution in [0.25, 0.3) is 11.5 Å². The van der Waals surface area contributed by atoms with Crippen LogP contribution in [0.2, 0.25) is 0 Å². The van der Waals surface area contributed by atoms with Crippen LogP contribution in [-0.2, 0) is 11.3 Å². The lowest BCUT2D eigenvalue weighted by atomic mass is 10.0. The first-order valence-corrected chi connectivity index (χ1v) is 7.01. The molecule has 0 atom stereocenters. The molecule has 2 aromatic rings. The Morgan fingerprint density at radius 2 is 2.15 bits per heavy atom. The third kappa shape index (κ3) is 3.47. The molecule has 0 unspecified atom stereocenters. The molecule has 1 amide bonds. The van der Waals surface area contributed by atoms with Crippen LogP contribution in [0.5, 0.6) is 0 Å². The number of furan rings is 1. The molecular weight excluding hydrogens is 252 g/mol. The van der Waals surface area contributed by atoms with Crippen molar-refractivity contribution in [3.63, 3.8) is 0 Å².